The van der Waals surface area contributed by atoms with Gasteiger partial charge in [0.25, 0.3) is 0 Å². The molecule has 8 aromatic rings. The van der Waals surface area contributed by atoms with E-state index in [0.717, 1.165) is 22.4 Å². The number of hydrogen-bond donors (Lipinski definition) is 0. The molecule has 318 valence electrons. The first kappa shape index (κ1) is 47.7. The second-order valence-corrected chi connectivity index (χ2v) is 22.3. The molecule has 0 N–H and O–H groups in total. The molecule has 0 aromatic heterocycles. The van der Waals surface area contributed by atoms with Crippen molar-refractivity contribution in [1.29, 1.82) is 0 Å². The minimum Gasteiger partial charge on any atom is -0.184 e. The third kappa shape index (κ3) is 12.7. The molecule has 0 nitrogen and oxygen atoms in total. The summed E-state index contributed by atoms with van der Waals surface area (Å²) in [6.07, 6.45) is 9.71. The van der Waals surface area contributed by atoms with Gasteiger partial charge in [-0.05, 0) is 59.8 Å². The SMILES string of the molecule is CCCCc1cc2c(-c3ccccc3CC(C)C)cccc2[cH-]1.CCCCc1cc2c(-c3ccccc3CC(C)C)cccc2[cH-]1.[Cl][Zr][Cl].[c-]1cccc2c1[Si]c1ccccc1-2. The summed E-state index contributed by atoms with van der Waals surface area (Å²) in [5.41, 5.74) is 14.2. The van der Waals surface area contributed by atoms with Crippen LogP contribution in [0.1, 0.15) is 89.5 Å². The van der Waals surface area contributed by atoms with Crippen LogP contribution in [-0.4, -0.2) is 9.52 Å². The molecule has 2 radical (unpaired) electrons. The molecule has 0 amide bonds. The van der Waals surface area contributed by atoms with Gasteiger partial charge >= 0.3 is 37.9 Å². The number of rotatable bonds is 12. The molecule has 0 fully saturated rings. The summed E-state index contributed by atoms with van der Waals surface area (Å²) in [7, 11) is 10.7. The first-order valence-corrected chi connectivity index (χ1v) is 29.9. The van der Waals surface area contributed by atoms with Crippen LogP contribution >= 0.6 is 17.0 Å². The fourth-order valence-corrected chi connectivity index (χ4v) is 9.95. The summed E-state index contributed by atoms with van der Waals surface area (Å²) in [6.45, 7) is 13.7. The van der Waals surface area contributed by atoms with Gasteiger partial charge in [-0.2, -0.15) is 41.6 Å². The predicted molar refractivity (Wildman–Crippen MR) is 272 cm³/mol. The molecule has 0 saturated heterocycles. The number of aryl methyl sites for hydroxylation is 2. The van der Waals surface area contributed by atoms with Gasteiger partial charge in [0.15, 0.2) is 0 Å². The van der Waals surface area contributed by atoms with E-state index in [9.17, 15) is 0 Å². The van der Waals surface area contributed by atoms with E-state index in [1.807, 2.05) is 6.07 Å². The molecule has 9 rings (SSSR count). The van der Waals surface area contributed by atoms with Gasteiger partial charge in [-0.15, -0.1) is 74.6 Å². The van der Waals surface area contributed by atoms with Crippen LogP contribution in [0, 0.1) is 17.9 Å². The standard InChI is InChI=1S/2C23H27.C12H7Si.2ClH.Zr/c2*1-4-5-9-18-15-20-11-8-13-22(23(20)16-18)21-12-7-6-10-19(21)14-17(2)3;1-3-7-11-9(5-1)10-6-2-4-8-12(10)13-11;;;/h2*6-8,10-13,15-17H,4-5,9,14H2,1-3H3;1-7H;2*1H;/q3*-1;;;+2/p-2. The fraction of sp³-hybridized carbons (Fsp3) is 0.276. The van der Waals surface area contributed by atoms with Crippen LogP contribution in [0.15, 0.2) is 152 Å². The Morgan fingerprint density at radius 1 is 0.532 bits per heavy atom. The predicted octanol–water partition coefficient (Wildman–Crippen LogP) is 16.0. The minimum atomic E-state index is -0.826. The van der Waals surface area contributed by atoms with Crippen molar-refractivity contribution >= 4 is 58.5 Å². The van der Waals surface area contributed by atoms with Crippen LogP contribution in [0.3, 0.4) is 0 Å². The molecule has 4 heteroatoms. The van der Waals surface area contributed by atoms with Gasteiger partial charge in [0.1, 0.15) is 0 Å². The molecule has 0 unspecified atom stereocenters. The smallest absolute Gasteiger partial charge is 0.0920 e. The maximum absolute atomic E-state index is 4.93. The Labute approximate surface area is 394 Å². The summed E-state index contributed by atoms with van der Waals surface area (Å²) < 4.78 is 0. The number of halogens is 2. The molecule has 1 aliphatic rings. The number of fused-ring (bicyclic) bond motifs is 5. The van der Waals surface area contributed by atoms with Crippen LogP contribution in [0.5, 0.6) is 0 Å². The van der Waals surface area contributed by atoms with Crippen LogP contribution in [0.2, 0.25) is 0 Å². The average molecular weight is 948 g/mol. The maximum Gasteiger partial charge on any atom is 0.0920 e. The molecule has 62 heavy (non-hydrogen) atoms. The zero-order chi connectivity index (χ0) is 43.8. The Morgan fingerprint density at radius 2 is 0.968 bits per heavy atom. The van der Waals surface area contributed by atoms with Crippen molar-refractivity contribution in [2.45, 2.75) is 92.9 Å². The third-order valence-electron chi connectivity index (χ3n) is 11.5. The summed E-state index contributed by atoms with van der Waals surface area (Å²) in [5, 5.41) is 8.41. The van der Waals surface area contributed by atoms with Crippen molar-refractivity contribution in [3.05, 3.63) is 180 Å². The van der Waals surface area contributed by atoms with Gasteiger partial charge in [0.05, 0.1) is 9.52 Å². The largest absolute Gasteiger partial charge is 0.184 e. The van der Waals surface area contributed by atoms with E-state index in [1.165, 1.54) is 126 Å². The summed E-state index contributed by atoms with van der Waals surface area (Å²) >= 11 is -0.826. The molecule has 0 aliphatic carbocycles. The zero-order valence-electron chi connectivity index (χ0n) is 37.5. The van der Waals surface area contributed by atoms with Crippen molar-refractivity contribution < 1.29 is 20.8 Å². The fourth-order valence-electron chi connectivity index (χ4n) is 8.64. The molecular formula is C58H61Cl2SiZr-3. The van der Waals surface area contributed by atoms with Gasteiger partial charge < -0.3 is 0 Å². The first-order valence-electron chi connectivity index (χ1n) is 22.6. The van der Waals surface area contributed by atoms with Crippen LogP contribution in [0.4, 0.5) is 0 Å². The van der Waals surface area contributed by atoms with Crippen molar-refractivity contribution in [3.8, 4) is 33.4 Å². The van der Waals surface area contributed by atoms with E-state index in [-0.39, 0.29) is 0 Å². The Bertz CT molecular complexity index is 2430. The van der Waals surface area contributed by atoms with Crippen molar-refractivity contribution in [2.24, 2.45) is 11.8 Å². The second kappa shape index (κ2) is 24.3. The van der Waals surface area contributed by atoms with E-state index in [0.29, 0.717) is 11.8 Å². The van der Waals surface area contributed by atoms with Gasteiger partial charge in [-0.25, -0.2) is 0 Å². The Kier molecular flexibility index (Phi) is 18.7. The average Bonchev–Trinajstić information content (AvgIpc) is 4.01. The first-order chi connectivity index (χ1) is 30.2. The maximum atomic E-state index is 4.93. The third-order valence-corrected chi connectivity index (χ3v) is 12.8. The van der Waals surface area contributed by atoms with Crippen LogP contribution < -0.4 is 10.4 Å². The zero-order valence-corrected chi connectivity index (χ0v) is 42.5. The van der Waals surface area contributed by atoms with Crippen molar-refractivity contribution in [3.63, 3.8) is 0 Å². The van der Waals surface area contributed by atoms with E-state index < -0.39 is 20.8 Å². The van der Waals surface area contributed by atoms with Crippen LogP contribution in [-0.2, 0) is 46.5 Å². The molecule has 0 bridgehead atoms. The number of unbranched alkanes of at least 4 members (excludes halogenated alkanes) is 2. The topological polar surface area (TPSA) is 0 Å². The monoisotopic (exact) mass is 945 g/mol. The molecule has 1 aliphatic heterocycles. The summed E-state index contributed by atoms with van der Waals surface area (Å²) in [4.78, 5) is 0. The summed E-state index contributed by atoms with van der Waals surface area (Å²) in [6, 6.07) is 59.0. The molecule has 0 saturated carbocycles. The molecule has 0 atom stereocenters. The van der Waals surface area contributed by atoms with Crippen molar-refractivity contribution in [1.82, 2.24) is 0 Å². The number of benzene rings is 6. The minimum absolute atomic E-state index is 0.676. The quantitative estimate of drug-likeness (QED) is 0.0846. The normalized spacial score (nSPS) is 11.3. The van der Waals surface area contributed by atoms with Gasteiger partial charge in [0.2, 0.25) is 0 Å². The van der Waals surface area contributed by atoms with E-state index in [2.05, 4.69) is 193 Å². The van der Waals surface area contributed by atoms with Gasteiger partial charge in [-0.1, -0.05) is 174 Å². The van der Waals surface area contributed by atoms with Crippen molar-refractivity contribution in [2.75, 3.05) is 0 Å². The number of hydrogen-bond acceptors (Lipinski definition) is 0. The summed E-state index contributed by atoms with van der Waals surface area (Å²) in [5.74, 6) is 1.35. The molecule has 8 aromatic carbocycles. The van der Waals surface area contributed by atoms with E-state index in [1.54, 1.807) is 0 Å². The van der Waals surface area contributed by atoms with Crippen LogP contribution in [0.25, 0.3) is 54.9 Å². The van der Waals surface area contributed by atoms with Gasteiger partial charge in [-0.3, -0.25) is 0 Å². The molecule has 0 spiro atoms. The molecule has 1 heterocycles. The van der Waals surface area contributed by atoms with E-state index in [4.69, 9.17) is 17.0 Å². The van der Waals surface area contributed by atoms with E-state index >= 15 is 0 Å². The Balaban J connectivity index is 0.000000155. The Morgan fingerprint density at radius 3 is 1.45 bits per heavy atom. The molecular weight excluding hydrogens is 887 g/mol. The Hall–Kier alpha value is -3.78. The van der Waals surface area contributed by atoms with Gasteiger partial charge in [0, 0.05) is 0 Å². The second-order valence-electron chi connectivity index (χ2n) is 17.3.